The van der Waals surface area contributed by atoms with Gasteiger partial charge in [0.15, 0.2) is 11.5 Å². The number of hydrogen-bond acceptors (Lipinski definition) is 4. The molecule has 9 atom stereocenters. The minimum Gasteiger partial charge on any atom is -0.481 e. The van der Waals surface area contributed by atoms with E-state index in [-0.39, 0.29) is 36.0 Å². The molecule has 3 saturated carbocycles. The predicted octanol–water partition coefficient (Wildman–Crippen LogP) is 4.12. The van der Waals surface area contributed by atoms with E-state index in [0.717, 1.165) is 5.56 Å². The molecule has 192 valence electrons. The van der Waals surface area contributed by atoms with Crippen LogP contribution in [-0.4, -0.2) is 57.9 Å². The number of rotatable bonds is 3. The van der Waals surface area contributed by atoms with Crippen molar-refractivity contribution < 1.29 is 28.6 Å². The molecule has 0 bridgehead atoms. The van der Waals surface area contributed by atoms with E-state index in [9.17, 15) is 19.8 Å². The van der Waals surface area contributed by atoms with Crippen molar-refractivity contribution >= 4 is 11.8 Å². The number of aliphatic carboxylic acids is 1. The lowest BCUT2D eigenvalue weighted by Gasteiger charge is -2.63. The Labute approximate surface area is 209 Å². The number of hydrogen-bond donors (Lipinski definition) is 2. The van der Waals surface area contributed by atoms with Crippen molar-refractivity contribution in [2.75, 3.05) is 13.1 Å². The van der Waals surface area contributed by atoms with Crippen LogP contribution < -0.4 is 0 Å². The summed E-state index contributed by atoms with van der Waals surface area (Å²) in [6, 6.07) is 9.90. The van der Waals surface area contributed by atoms with E-state index in [1.807, 2.05) is 37.3 Å². The van der Waals surface area contributed by atoms with Gasteiger partial charge in [0.2, 0.25) is 0 Å². The molecule has 9 unspecified atom stereocenters. The lowest BCUT2D eigenvalue weighted by Crippen LogP contribution is -2.69. The van der Waals surface area contributed by atoms with Gasteiger partial charge in [-0.05, 0) is 66.7 Å². The van der Waals surface area contributed by atoms with E-state index < -0.39 is 46.1 Å². The first-order valence-corrected chi connectivity index (χ1v) is 12.9. The normalized spacial score (nSPS) is 47.5. The number of ketones is 1. The Morgan fingerprint density at radius 2 is 1.89 bits per heavy atom. The van der Waals surface area contributed by atoms with Crippen LogP contribution in [0.5, 0.6) is 0 Å². The zero-order valence-corrected chi connectivity index (χ0v) is 20.7. The van der Waals surface area contributed by atoms with Gasteiger partial charge >= 0.3 is 5.97 Å². The number of aliphatic hydroxyl groups is 1. The molecule has 7 heteroatoms. The van der Waals surface area contributed by atoms with Gasteiger partial charge in [-0.25, -0.2) is 8.78 Å². The molecule has 0 amide bonds. The zero-order chi connectivity index (χ0) is 25.7. The lowest BCUT2D eigenvalue weighted by molar-refractivity contribution is -0.215. The maximum Gasteiger partial charge on any atom is 0.311 e. The fourth-order valence-electron chi connectivity index (χ4n) is 9.19. The van der Waals surface area contributed by atoms with Gasteiger partial charge in [0, 0.05) is 31.0 Å². The van der Waals surface area contributed by atoms with Crippen LogP contribution in [0.4, 0.5) is 8.78 Å². The third-order valence-electron chi connectivity index (χ3n) is 10.9. The van der Waals surface area contributed by atoms with Crippen molar-refractivity contribution in [1.29, 1.82) is 0 Å². The molecule has 4 aliphatic carbocycles. The Balaban J connectivity index is 1.39. The molecule has 1 aliphatic heterocycles. The van der Waals surface area contributed by atoms with Crippen LogP contribution in [0.15, 0.2) is 54.1 Å². The van der Waals surface area contributed by atoms with E-state index in [0.29, 0.717) is 26.1 Å². The number of nitrogens with zero attached hydrogens (tertiary/aromatic N) is 1. The molecular formula is C29H33F2NO4. The summed E-state index contributed by atoms with van der Waals surface area (Å²) in [7, 11) is 0. The van der Waals surface area contributed by atoms with Gasteiger partial charge in [-0.15, -0.1) is 0 Å². The standard InChI is InChI=1S/C29H33F2NO4/c1-26-9-8-19(33)11-22(26)23(30)12-21-20-10-18-15-32(14-17-6-4-3-5-7-17)16-28(18,25(35)36)27(20,2)13-24(34)29(21,26)31/h3-9,11,18,20-21,23-24,34H,10,12-16H2,1-2H3,(H,35,36). The van der Waals surface area contributed by atoms with Crippen molar-refractivity contribution in [2.24, 2.45) is 34.0 Å². The molecular weight excluding hydrogens is 464 g/mol. The summed E-state index contributed by atoms with van der Waals surface area (Å²) in [6.45, 7) is 5.00. The number of carbonyl (C=O) groups excluding carboxylic acids is 1. The molecule has 1 aromatic carbocycles. The van der Waals surface area contributed by atoms with Crippen LogP contribution in [0, 0.1) is 34.0 Å². The molecule has 1 heterocycles. The van der Waals surface area contributed by atoms with Gasteiger partial charge in [-0.1, -0.05) is 43.3 Å². The van der Waals surface area contributed by atoms with Crippen LogP contribution in [0.3, 0.4) is 0 Å². The second kappa shape index (κ2) is 7.57. The molecule has 6 rings (SSSR count). The number of carboxylic acids is 1. The van der Waals surface area contributed by atoms with E-state index in [1.54, 1.807) is 6.92 Å². The highest BCUT2D eigenvalue weighted by molar-refractivity contribution is 6.01. The summed E-state index contributed by atoms with van der Waals surface area (Å²) in [5, 5.41) is 22.2. The number of likely N-dealkylation sites (tertiary alicyclic amines) is 1. The van der Waals surface area contributed by atoms with Crippen molar-refractivity contribution in [3.05, 3.63) is 59.7 Å². The summed E-state index contributed by atoms with van der Waals surface area (Å²) in [5.74, 6) is -2.72. The maximum absolute atomic E-state index is 17.3. The third kappa shape index (κ3) is 2.76. The molecule has 5 aliphatic rings. The van der Waals surface area contributed by atoms with Crippen molar-refractivity contribution in [3.63, 3.8) is 0 Å². The highest BCUT2D eigenvalue weighted by Gasteiger charge is 2.78. The average Bonchev–Trinajstić information content (AvgIpc) is 3.31. The molecule has 4 fully saturated rings. The van der Waals surface area contributed by atoms with Gasteiger partial charge < -0.3 is 10.2 Å². The van der Waals surface area contributed by atoms with Gasteiger partial charge in [0.1, 0.15) is 6.17 Å². The Morgan fingerprint density at radius 3 is 2.58 bits per heavy atom. The number of aliphatic hydroxyl groups excluding tert-OH is 1. The number of carboxylic acid groups (broad SMARTS) is 1. The fraction of sp³-hybridized carbons (Fsp3) is 0.586. The number of alkyl halides is 2. The third-order valence-corrected chi connectivity index (χ3v) is 10.9. The Hall–Kier alpha value is -2.38. The second-order valence-corrected chi connectivity index (χ2v) is 12.2. The Kier molecular flexibility index (Phi) is 5.05. The zero-order valence-electron chi connectivity index (χ0n) is 20.7. The summed E-state index contributed by atoms with van der Waals surface area (Å²) >= 11 is 0. The van der Waals surface area contributed by atoms with Gasteiger partial charge in [-0.2, -0.15) is 0 Å². The summed E-state index contributed by atoms with van der Waals surface area (Å²) in [5.41, 5.74) is -4.46. The molecule has 36 heavy (non-hydrogen) atoms. The highest BCUT2D eigenvalue weighted by atomic mass is 19.1. The molecule has 1 aromatic rings. The highest BCUT2D eigenvalue weighted by Crippen LogP contribution is 2.74. The summed E-state index contributed by atoms with van der Waals surface area (Å²) in [6.07, 6.45) is 1.24. The first kappa shape index (κ1) is 24.0. The van der Waals surface area contributed by atoms with Crippen molar-refractivity contribution in [1.82, 2.24) is 4.90 Å². The molecule has 0 spiro atoms. The van der Waals surface area contributed by atoms with Crippen molar-refractivity contribution in [2.45, 2.75) is 57.6 Å². The Morgan fingerprint density at radius 1 is 1.17 bits per heavy atom. The fourth-order valence-corrected chi connectivity index (χ4v) is 9.19. The van der Waals surface area contributed by atoms with Crippen molar-refractivity contribution in [3.8, 4) is 0 Å². The first-order chi connectivity index (χ1) is 17.0. The van der Waals surface area contributed by atoms with Gasteiger partial charge in [0.25, 0.3) is 0 Å². The molecule has 2 N–H and O–H groups in total. The van der Waals surface area contributed by atoms with Crippen LogP contribution in [0.25, 0.3) is 0 Å². The Bertz CT molecular complexity index is 1180. The monoisotopic (exact) mass is 497 g/mol. The molecule has 5 nitrogen and oxygen atoms in total. The number of halogens is 2. The minimum atomic E-state index is -2.18. The van der Waals surface area contributed by atoms with E-state index in [2.05, 4.69) is 4.90 Å². The van der Waals surface area contributed by atoms with Crippen LogP contribution in [0.1, 0.15) is 38.7 Å². The van der Waals surface area contributed by atoms with Crippen LogP contribution in [-0.2, 0) is 16.1 Å². The molecule has 0 radical (unpaired) electrons. The maximum atomic E-state index is 17.3. The first-order valence-electron chi connectivity index (χ1n) is 12.9. The number of carbonyl (C=O) groups is 2. The van der Waals surface area contributed by atoms with E-state index in [4.69, 9.17) is 0 Å². The van der Waals surface area contributed by atoms with Gasteiger partial charge in [-0.3, -0.25) is 14.5 Å². The SMILES string of the molecule is CC12C=CC(=O)C=C1C(F)CC1C3CC4CN(Cc5ccccc5)CC4(C(=O)O)C3(C)CC(O)C12F. The van der Waals surface area contributed by atoms with E-state index in [1.165, 1.54) is 18.2 Å². The average molecular weight is 498 g/mol. The summed E-state index contributed by atoms with van der Waals surface area (Å²) < 4.78 is 32.9. The second-order valence-electron chi connectivity index (χ2n) is 12.2. The quantitative estimate of drug-likeness (QED) is 0.657. The summed E-state index contributed by atoms with van der Waals surface area (Å²) in [4.78, 5) is 27.2. The number of benzene rings is 1. The lowest BCUT2D eigenvalue weighted by atomic mass is 9.43. The smallest absolute Gasteiger partial charge is 0.311 e. The molecule has 0 aromatic heterocycles. The topological polar surface area (TPSA) is 77.8 Å². The predicted molar refractivity (Wildman–Crippen MR) is 129 cm³/mol. The molecule has 1 saturated heterocycles. The number of allylic oxidation sites excluding steroid dienone is 4. The number of fused-ring (bicyclic) bond motifs is 7. The minimum absolute atomic E-state index is 0.00570. The van der Waals surface area contributed by atoms with E-state index >= 15 is 8.78 Å². The van der Waals surface area contributed by atoms with Crippen LogP contribution in [0.2, 0.25) is 0 Å². The van der Waals surface area contributed by atoms with Gasteiger partial charge in [0.05, 0.1) is 11.5 Å². The van der Waals surface area contributed by atoms with Crippen LogP contribution >= 0.6 is 0 Å². The largest absolute Gasteiger partial charge is 0.481 e.